The van der Waals surface area contributed by atoms with Crippen molar-refractivity contribution in [3.63, 3.8) is 0 Å². The van der Waals surface area contributed by atoms with Crippen molar-refractivity contribution in [3.05, 3.63) is 27.9 Å². The molecule has 7 heteroatoms. The van der Waals surface area contributed by atoms with E-state index in [4.69, 9.17) is 0 Å². The first-order valence-electron chi connectivity index (χ1n) is 5.71. The number of carbonyl (C=O) groups excluding carboxylic acids is 1. The predicted molar refractivity (Wildman–Crippen MR) is 65.3 cm³/mol. The maximum Gasteiger partial charge on any atom is 0.290 e. The van der Waals surface area contributed by atoms with Crippen molar-refractivity contribution < 1.29 is 9.72 Å². The molecule has 0 spiro atoms. The zero-order chi connectivity index (χ0) is 13.1. The van der Waals surface area contributed by atoms with Crippen molar-refractivity contribution in [2.24, 2.45) is 0 Å². The van der Waals surface area contributed by atoms with E-state index in [1.165, 1.54) is 12.1 Å². The van der Waals surface area contributed by atoms with Crippen LogP contribution in [0, 0.1) is 17.0 Å². The van der Waals surface area contributed by atoms with Gasteiger partial charge in [0.05, 0.1) is 11.5 Å². The number of pyridine rings is 1. The monoisotopic (exact) mass is 250 g/mol. The number of amides is 1. The smallest absolute Gasteiger partial charge is 0.290 e. The quantitative estimate of drug-likeness (QED) is 0.600. The maximum absolute atomic E-state index is 11.4. The van der Waals surface area contributed by atoms with Gasteiger partial charge in [-0.2, -0.15) is 0 Å². The van der Waals surface area contributed by atoms with E-state index in [9.17, 15) is 14.9 Å². The van der Waals surface area contributed by atoms with Crippen LogP contribution in [-0.2, 0) is 4.79 Å². The summed E-state index contributed by atoms with van der Waals surface area (Å²) in [4.78, 5) is 25.6. The summed E-state index contributed by atoms with van der Waals surface area (Å²) in [7, 11) is 0. The van der Waals surface area contributed by atoms with Crippen molar-refractivity contribution in [2.75, 3.05) is 11.9 Å². The van der Waals surface area contributed by atoms with E-state index in [0.29, 0.717) is 17.6 Å². The fraction of sp³-hybridized carbons (Fsp3) is 0.455. The number of aryl methyl sites for hydroxylation is 1. The van der Waals surface area contributed by atoms with E-state index in [-0.39, 0.29) is 18.1 Å². The van der Waals surface area contributed by atoms with Crippen molar-refractivity contribution in [1.29, 1.82) is 0 Å². The normalized spacial score (nSPS) is 14.1. The van der Waals surface area contributed by atoms with Gasteiger partial charge in [-0.1, -0.05) is 0 Å². The molecule has 1 amide bonds. The number of hydrogen-bond acceptors (Lipinski definition) is 5. The minimum absolute atomic E-state index is 0.0250. The summed E-state index contributed by atoms with van der Waals surface area (Å²) >= 11 is 0. The first-order valence-corrected chi connectivity index (χ1v) is 5.71. The predicted octanol–water partition coefficient (Wildman–Crippen LogP) is 0.989. The third-order valence-corrected chi connectivity index (χ3v) is 2.63. The fourth-order valence-electron chi connectivity index (χ4n) is 1.52. The SMILES string of the molecule is Cc1nc(NCC(=O)NC2CC2)ccc1[N+](=O)[O-]. The molecular formula is C11H14N4O3. The van der Waals surface area contributed by atoms with E-state index in [0.717, 1.165) is 12.8 Å². The van der Waals surface area contributed by atoms with Gasteiger partial charge in [0.1, 0.15) is 11.5 Å². The van der Waals surface area contributed by atoms with Gasteiger partial charge in [-0.15, -0.1) is 0 Å². The first-order chi connectivity index (χ1) is 8.56. The standard InChI is InChI=1S/C11H14N4O3/c1-7-9(15(17)18)4-5-10(13-7)12-6-11(16)14-8-2-3-8/h4-5,8H,2-3,6H2,1H3,(H,12,13)(H,14,16). The molecule has 0 aromatic carbocycles. The average molecular weight is 250 g/mol. The zero-order valence-corrected chi connectivity index (χ0v) is 9.97. The number of nitrogens with one attached hydrogen (secondary N) is 2. The van der Waals surface area contributed by atoms with Crippen molar-refractivity contribution in [3.8, 4) is 0 Å². The van der Waals surface area contributed by atoms with Gasteiger partial charge in [-0.25, -0.2) is 4.98 Å². The molecule has 1 aliphatic carbocycles. The molecule has 96 valence electrons. The highest BCUT2D eigenvalue weighted by atomic mass is 16.6. The van der Waals surface area contributed by atoms with Gasteiger partial charge in [0.2, 0.25) is 5.91 Å². The van der Waals surface area contributed by atoms with Gasteiger partial charge in [0.15, 0.2) is 0 Å². The van der Waals surface area contributed by atoms with Crippen LogP contribution in [0.3, 0.4) is 0 Å². The largest absolute Gasteiger partial charge is 0.361 e. The molecule has 0 atom stereocenters. The van der Waals surface area contributed by atoms with Crippen LogP contribution in [0.15, 0.2) is 12.1 Å². The van der Waals surface area contributed by atoms with Crippen LogP contribution in [0.2, 0.25) is 0 Å². The molecule has 0 bridgehead atoms. The zero-order valence-electron chi connectivity index (χ0n) is 9.97. The molecule has 0 unspecified atom stereocenters. The minimum Gasteiger partial charge on any atom is -0.361 e. The van der Waals surface area contributed by atoms with Gasteiger partial charge < -0.3 is 10.6 Å². The lowest BCUT2D eigenvalue weighted by Crippen LogP contribution is -2.31. The van der Waals surface area contributed by atoms with Crippen LogP contribution in [0.5, 0.6) is 0 Å². The second-order valence-electron chi connectivity index (χ2n) is 4.25. The summed E-state index contributed by atoms with van der Waals surface area (Å²) in [6, 6.07) is 3.20. The molecule has 2 N–H and O–H groups in total. The third kappa shape index (κ3) is 3.16. The summed E-state index contributed by atoms with van der Waals surface area (Å²) in [6.07, 6.45) is 2.08. The Morgan fingerprint density at radius 1 is 1.56 bits per heavy atom. The Bertz CT molecular complexity index is 485. The van der Waals surface area contributed by atoms with Crippen LogP contribution in [0.25, 0.3) is 0 Å². The van der Waals surface area contributed by atoms with Gasteiger partial charge in [0.25, 0.3) is 5.69 Å². The summed E-state index contributed by atoms with van der Waals surface area (Å²) in [5, 5.41) is 16.3. The highest BCUT2D eigenvalue weighted by molar-refractivity contribution is 5.81. The Kier molecular flexibility index (Phi) is 3.40. The number of hydrogen-bond donors (Lipinski definition) is 2. The lowest BCUT2D eigenvalue weighted by molar-refractivity contribution is -0.385. The lowest BCUT2D eigenvalue weighted by atomic mass is 10.3. The molecule has 1 aromatic rings. The highest BCUT2D eigenvalue weighted by Crippen LogP contribution is 2.19. The Hall–Kier alpha value is -2.18. The topological polar surface area (TPSA) is 97.2 Å². The molecule has 1 saturated carbocycles. The molecule has 18 heavy (non-hydrogen) atoms. The van der Waals surface area contributed by atoms with E-state index < -0.39 is 4.92 Å². The Morgan fingerprint density at radius 3 is 2.83 bits per heavy atom. The summed E-state index contributed by atoms with van der Waals surface area (Å²) in [5.41, 5.74) is 0.301. The molecule has 1 aromatic heterocycles. The number of anilines is 1. The Morgan fingerprint density at radius 2 is 2.28 bits per heavy atom. The second kappa shape index (κ2) is 4.99. The molecule has 1 aliphatic rings. The van der Waals surface area contributed by atoms with Crippen LogP contribution in [0.4, 0.5) is 11.5 Å². The van der Waals surface area contributed by atoms with Crippen LogP contribution < -0.4 is 10.6 Å². The minimum atomic E-state index is -0.480. The Labute approximate surface area is 104 Å². The van der Waals surface area contributed by atoms with Crippen molar-refractivity contribution in [1.82, 2.24) is 10.3 Å². The Balaban J connectivity index is 1.90. The second-order valence-corrected chi connectivity index (χ2v) is 4.25. The van der Waals surface area contributed by atoms with Gasteiger partial charge in [-0.3, -0.25) is 14.9 Å². The summed E-state index contributed by atoms with van der Waals surface area (Å²) in [5.74, 6) is 0.374. The molecule has 0 radical (unpaired) electrons. The van der Waals surface area contributed by atoms with Crippen molar-refractivity contribution >= 4 is 17.4 Å². The molecule has 7 nitrogen and oxygen atoms in total. The molecule has 0 aliphatic heterocycles. The van der Waals surface area contributed by atoms with Crippen LogP contribution in [-0.4, -0.2) is 28.4 Å². The molecule has 2 rings (SSSR count). The average Bonchev–Trinajstić information content (AvgIpc) is 3.10. The van der Waals surface area contributed by atoms with Crippen LogP contribution in [0.1, 0.15) is 18.5 Å². The van der Waals surface area contributed by atoms with E-state index in [1.54, 1.807) is 6.92 Å². The number of carbonyl (C=O) groups is 1. The molecule has 0 saturated heterocycles. The number of nitro groups is 1. The fourth-order valence-corrected chi connectivity index (χ4v) is 1.52. The van der Waals surface area contributed by atoms with E-state index >= 15 is 0 Å². The molecule has 1 heterocycles. The number of rotatable bonds is 5. The highest BCUT2D eigenvalue weighted by Gasteiger charge is 2.22. The van der Waals surface area contributed by atoms with Crippen molar-refractivity contribution in [2.45, 2.75) is 25.8 Å². The van der Waals surface area contributed by atoms with Gasteiger partial charge in [-0.05, 0) is 25.8 Å². The summed E-state index contributed by atoms with van der Waals surface area (Å²) < 4.78 is 0. The molecule has 1 fully saturated rings. The number of nitrogens with zero attached hydrogens (tertiary/aromatic N) is 2. The van der Waals surface area contributed by atoms with Gasteiger partial charge >= 0.3 is 0 Å². The van der Waals surface area contributed by atoms with E-state index in [1.807, 2.05) is 0 Å². The number of aromatic nitrogens is 1. The third-order valence-electron chi connectivity index (χ3n) is 2.63. The summed E-state index contributed by atoms with van der Waals surface area (Å²) in [6.45, 7) is 1.69. The first kappa shape index (κ1) is 12.3. The lowest BCUT2D eigenvalue weighted by Gasteiger charge is -2.06. The van der Waals surface area contributed by atoms with Gasteiger partial charge in [0, 0.05) is 12.1 Å². The van der Waals surface area contributed by atoms with E-state index in [2.05, 4.69) is 15.6 Å². The molecular weight excluding hydrogens is 236 g/mol. The maximum atomic E-state index is 11.4. The van der Waals surface area contributed by atoms with Crippen LogP contribution >= 0.6 is 0 Å².